The minimum absolute atomic E-state index is 0. The van der Waals surface area contributed by atoms with Crippen molar-refractivity contribution in [1.82, 2.24) is 30.7 Å². The van der Waals surface area contributed by atoms with Gasteiger partial charge in [-0.25, -0.2) is 19.2 Å². The summed E-state index contributed by atoms with van der Waals surface area (Å²) in [4.78, 5) is 154. The largest absolute Gasteiger partial charge is 0.481 e. The zero-order chi connectivity index (χ0) is 90.1. The molecule has 0 bridgehead atoms. The number of nitrogens with zero attached hydrogens (tertiary/aromatic N) is 3. The number of nitrogens with two attached hydrogens (primary N) is 1. The average Bonchev–Trinajstić information content (AvgIpc) is 1.59. The Kier molecular flexibility index (Phi) is 37.7. The number of aliphatic hydroxyl groups is 3. The van der Waals surface area contributed by atoms with E-state index in [1.807, 2.05) is 48.5 Å². The Balaban J connectivity index is 0.000000327. The van der Waals surface area contributed by atoms with E-state index in [0.717, 1.165) is 87.5 Å². The standard InChI is InChI=1S/C25H38N2O7.C24H36N2O7.C17H28N2O6.C7H11NO2.C7H8O3S.C5H12O.CH4/c1-6-15-12-25(15,22(31)33-5)13-19(29)18-11-16(28)14-27(18)21(30)20(24(2,3)4)26-23(32)34-17-9-7-8-10-17;1-5-14-11-24(14,21(30)31)12-18(28)17-10-15(27)13-26(17)20(29)19(23(2,3)4)25-22(32)33-16-8-6-7-9-16;1-17(2,3)13(18-16(24)25-11-6-4-5-7-11)14(21)19-9-10(20)8-12(19)15(22)23;1-3-5-4-7(5,8)6(9)10-2;1-6-2-4-7(5-3-6)11(8,9)10;1-5(2,3)6-4;/h6,15-18,20,28H,1,7-14H2,2-5H3,(H,26,32);5,14-17,19,27H,1,6-13H2,2-4H3,(H,25,32)(H,30,31);10-13,20H,4-9H2,1-3H3,(H,18,24)(H,22,23);3,5H,1,4,8H2,2H3;2-5H,1H3,(H,8,9,10);1-4H3;1H4/t15-,16+,18+,20-,25-;14-,15+,17+,19-,24-;10-,12-,13+;5-,7-;;;/m1101.../s1. The predicted octanol–water partition coefficient (Wildman–Crippen LogP) is 9.11. The average molecular weight is 1720 g/mol. The highest BCUT2D eigenvalue weighted by Crippen LogP contribution is 2.58. The highest BCUT2D eigenvalue weighted by molar-refractivity contribution is 7.85. The van der Waals surface area contributed by atoms with E-state index in [9.17, 15) is 91.5 Å². The predicted molar refractivity (Wildman–Crippen MR) is 443 cm³/mol. The van der Waals surface area contributed by atoms with Crippen LogP contribution in [0.3, 0.4) is 0 Å². The molecule has 11 N–H and O–H groups in total. The minimum Gasteiger partial charge on any atom is -0.481 e. The maximum Gasteiger partial charge on any atom is 0.408 e. The zero-order valence-electron chi connectivity index (χ0n) is 72.3. The fourth-order valence-electron chi connectivity index (χ4n) is 15.5. The van der Waals surface area contributed by atoms with Crippen LogP contribution in [0.2, 0.25) is 0 Å². The highest BCUT2D eigenvalue weighted by Gasteiger charge is 2.63. The molecule has 0 aromatic heterocycles. The second kappa shape index (κ2) is 43.6. The maximum atomic E-state index is 13.6. The van der Waals surface area contributed by atoms with Gasteiger partial charge in [-0.1, -0.05) is 106 Å². The van der Waals surface area contributed by atoms with Gasteiger partial charge >= 0.3 is 42.2 Å². The lowest BCUT2D eigenvalue weighted by atomic mass is 9.85. The fraction of sp³-hybridized carbons (Fsp3) is 0.721. The van der Waals surface area contributed by atoms with Crippen molar-refractivity contribution in [2.45, 2.75) is 315 Å². The number of aliphatic hydroxyl groups excluding tert-OH is 3. The first kappa shape index (κ1) is 104. The third kappa shape index (κ3) is 29.1. The minimum atomic E-state index is -4.02. The van der Waals surface area contributed by atoms with Crippen LogP contribution in [0.25, 0.3) is 0 Å². The number of aliphatic carboxylic acids is 2. The molecule has 6 amide bonds. The van der Waals surface area contributed by atoms with Crippen LogP contribution in [-0.4, -0.2) is 250 Å². The molecule has 33 nitrogen and oxygen atoms in total. The Bertz CT molecular complexity index is 3870. The number of carbonyl (C=O) groups is 12. The lowest BCUT2D eigenvalue weighted by Crippen LogP contribution is -2.57. The topological polar surface area (TPSA) is 488 Å². The van der Waals surface area contributed by atoms with Crippen LogP contribution in [0.4, 0.5) is 14.4 Å². The lowest BCUT2D eigenvalue weighted by Gasteiger charge is -2.35. The fourth-order valence-corrected chi connectivity index (χ4v) is 16.0. The van der Waals surface area contributed by atoms with Crippen LogP contribution in [0.5, 0.6) is 0 Å². The number of aryl methyl sites for hydroxylation is 1. The number of benzene rings is 1. The number of ketones is 2. The Labute approximate surface area is 707 Å². The van der Waals surface area contributed by atoms with Gasteiger partial charge in [0.15, 0.2) is 11.6 Å². The first-order chi connectivity index (χ1) is 55.1. The zero-order valence-corrected chi connectivity index (χ0v) is 73.1. The normalized spacial score (nSPS) is 26.9. The number of β-amino-alcohol motifs (C(OH)–C–C–N with tert-alkyl or cyclic N) is 3. The van der Waals surface area contributed by atoms with E-state index in [2.05, 4.69) is 40.4 Å². The number of alkyl carbamates (subject to hydrolysis) is 3. The van der Waals surface area contributed by atoms with Crippen molar-refractivity contribution < 1.29 is 124 Å². The number of hydrogen-bond acceptors (Lipinski definition) is 24. The van der Waals surface area contributed by atoms with E-state index in [-0.39, 0.29) is 117 Å². The maximum absolute atomic E-state index is 13.6. The second-order valence-electron chi connectivity index (χ2n) is 37.0. The summed E-state index contributed by atoms with van der Waals surface area (Å²) in [5, 5.41) is 57.3. The molecule has 0 radical (unpaired) electrons. The van der Waals surface area contributed by atoms with Gasteiger partial charge in [0.1, 0.15) is 48.0 Å². The van der Waals surface area contributed by atoms with Gasteiger partial charge in [-0.15, -0.1) is 19.7 Å². The third-order valence-corrected chi connectivity index (χ3v) is 24.1. The SMILES string of the molecule is C.C=C[C@@H]1C[C@]1(CC(=O)[C@@H]1C[C@H](O)CN1C(=O)[C@@H](NC(=O)OC1CCCC1)C(C)(C)C)C(=O)O.C=C[C@@H]1C[C@]1(CC(=O)[C@@H]1C[C@H](O)CN1C(=O)[C@@H](NC(=O)OC1CCCC1)C(C)(C)C)C(=O)OC.C=C[C@@H]1C[C@]1(N)C(=O)OC.CC(C)(C)[C@H](NC(=O)OC1CCCC1)C(=O)N1C[C@@H](O)C[C@H]1C(=O)O.COC(C)(C)C.Cc1ccc(S(=O)(=O)O)cc1. The van der Waals surface area contributed by atoms with Crippen molar-refractivity contribution in [2.75, 3.05) is 41.0 Å². The van der Waals surface area contributed by atoms with E-state index in [0.29, 0.717) is 19.3 Å². The van der Waals surface area contributed by atoms with Crippen molar-refractivity contribution in [2.24, 2.45) is 50.6 Å². The quantitative estimate of drug-likeness (QED) is 0.0211. The van der Waals surface area contributed by atoms with Crippen LogP contribution in [0, 0.1) is 51.8 Å². The van der Waals surface area contributed by atoms with Crippen molar-refractivity contribution in [3.63, 3.8) is 0 Å². The first-order valence-electron chi connectivity index (χ1n) is 40.9. The summed E-state index contributed by atoms with van der Waals surface area (Å²) in [5.74, 6) is -5.50. The number of carbonyl (C=O) groups excluding carboxylic acids is 10. The van der Waals surface area contributed by atoms with Crippen molar-refractivity contribution in [3.05, 3.63) is 67.8 Å². The number of esters is 2. The molecule has 3 heterocycles. The van der Waals surface area contributed by atoms with Crippen molar-refractivity contribution in [1.29, 1.82) is 0 Å². The van der Waals surface area contributed by atoms with Gasteiger partial charge in [-0.3, -0.25) is 42.9 Å². The monoisotopic (exact) mass is 1720 g/mol. The van der Waals surface area contributed by atoms with Gasteiger partial charge in [-0.05, 0) is 164 Å². The molecule has 10 rings (SSSR count). The van der Waals surface area contributed by atoms with Crippen LogP contribution >= 0.6 is 0 Å². The highest BCUT2D eigenvalue weighted by atomic mass is 32.2. The molecule has 0 unspecified atom stereocenters. The number of likely N-dealkylation sites (tertiary alicyclic amines) is 3. The number of carboxylic acid groups (broad SMARTS) is 2. The molecule has 0 spiro atoms. The molecule has 3 saturated heterocycles. The van der Waals surface area contributed by atoms with Crippen LogP contribution < -0.4 is 21.7 Å². The summed E-state index contributed by atoms with van der Waals surface area (Å²) in [5.41, 5.74) is 1.73. The number of allylic oxidation sites excluding steroid dienone is 2. The van der Waals surface area contributed by atoms with Gasteiger partial charge < -0.3 is 90.3 Å². The lowest BCUT2D eigenvalue weighted by molar-refractivity contribution is -0.150. The van der Waals surface area contributed by atoms with E-state index < -0.39 is 157 Å². The van der Waals surface area contributed by atoms with Gasteiger partial charge in [0, 0.05) is 64.8 Å². The smallest absolute Gasteiger partial charge is 0.408 e. The second-order valence-corrected chi connectivity index (χ2v) is 38.4. The molecule has 6 aliphatic carbocycles. The number of Topliss-reactive ketones (excluding diaryl/α,β-unsaturated/α-hetero) is 2. The number of nitrogens with one attached hydrogen (secondary N) is 3. The van der Waals surface area contributed by atoms with E-state index in [1.54, 1.807) is 79.0 Å². The Hall–Kier alpha value is -8.41. The molecular weight excluding hydrogens is 1580 g/mol. The Morgan fingerprint density at radius 1 is 0.508 bits per heavy atom. The van der Waals surface area contributed by atoms with Gasteiger partial charge in [0.25, 0.3) is 10.1 Å². The van der Waals surface area contributed by atoms with Gasteiger partial charge in [0.2, 0.25) is 17.7 Å². The molecule has 9 aliphatic rings. The molecule has 678 valence electrons. The molecule has 9 fully saturated rings. The van der Waals surface area contributed by atoms with E-state index in [4.69, 9.17) is 34.0 Å². The van der Waals surface area contributed by atoms with Gasteiger partial charge in [0.05, 0.1) is 65.9 Å². The van der Waals surface area contributed by atoms with Crippen LogP contribution in [0.1, 0.15) is 224 Å². The molecule has 1 aromatic rings. The molecule has 34 heteroatoms. The van der Waals surface area contributed by atoms with Crippen molar-refractivity contribution >= 4 is 81.6 Å². The Morgan fingerprint density at radius 3 is 1.07 bits per heavy atom. The summed E-state index contributed by atoms with van der Waals surface area (Å²) in [6, 6.07) is 0.232. The number of ether oxygens (including phenoxy) is 6. The number of hydrogen-bond donors (Lipinski definition) is 10. The number of carboxylic acids is 2. The summed E-state index contributed by atoms with van der Waals surface area (Å²) < 4.78 is 60.2. The summed E-state index contributed by atoms with van der Waals surface area (Å²) in [6.07, 6.45) is 12.0. The first-order valence-corrected chi connectivity index (χ1v) is 42.4. The van der Waals surface area contributed by atoms with Crippen molar-refractivity contribution in [3.8, 4) is 0 Å². The van der Waals surface area contributed by atoms with Crippen LogP contribution in [-0.2, 0) is 81.7 Å². The number of methoxy groups -OCH3 is 3. The summed E-state index contributed by atoms with van der Waals surface area (Å²) >= 11 is 0. The van der Waals surface area contributed by atoms with Gasteiger partial charge in [-0.2, -0.15) is 8.42 Å². The summed E-state index contributed by atoms with van der Waals surface area (Å²) in [6.45, 7) is 34.9. The molecule has 15 atom stereocenters. The molecular formula is C86H137N7O26S. The molecule has 120 heavy (non-hydrogen) atoms. The molecule has 6 saturated carbocycles. The van der Waals surface area contributed by atoms with Crippen LogP contribution in [0.15, 0.2) is 67.1 Å². The third-order valence-electron chi connectivity index (χ3n) is 23.2. The molecule has 1 aromatic carbocycles. The van der Waals surface area contributed by atoms with E-state index >= 15 is 0 Å². The van der Waals surface area contributed by atoms with E-state index in [1.165, 1.54) is 36.2 Å². The Morgan fingerprint density at radius 2 is 0.808 bits per heavy atom. The molecule has 3 aliphatic heterocycles. The summed E-state index contributed by atoms with van der Waals surface area (Å²) in [7, 11) is 0.316. The number of amides is 6. The number of rotatable bonds is 23.